The molecule has 0 spiro atoms. The van der Waals surface area contributed by atoms with Crippen LogP contribution in [0.25, 0.3) is 0 Å². The molecule has 0 aromatic heterocycles. The fraction of sp³-hybridized carbons (Fsp3) is 0.806. The lowest BCUT2D eigenvalue weighted by atomic mass is 9.70. The molecule has 186 valence electrons. The van der Waals surface area contributed by atoms with E-state index in [0.717, 1.165) is 0 Å². The first-order valence-corrected chi connectivity index (χ1v) is 13.7. The molecule has 0 atom stereocenters. The summed E-state index contributed by atoms with van der Waals surface area (Å²) in [5.41, 5.74) is 5.00. The van der Waals surface area contributed by atoms with Crippen LogP contribution < -0.4 is 10.6 Å². The predicted molar refractivity (Wildman–Crippen MR) is 143 cm³/mol. The van der Waals surface area contributed by atoms with Gasteiger partial charge >= 0.3 is 0 Å². The van der Waals surface area contributed by atoms with Crippen molar-refractivity contribution in [3.63, 3.8) is 0 Å². The number of hydrogen-bond acceptors (Lipinski definition) is 2. The first-order chi connectivity index (χ1) is 15.0. The highest BCUT2D eigenvalue weighted by Crippen LogP contribution is 2.63. The Morgan fingerprint density at radius 3 is 1.64 bits per heavy atom. The Labute approximate surface area is 205 Å². The van der Waals surface area contributed by atoms with Crippen LogP contribution in [0.3, 0.4) is 0 Å². The molecular formula is C31H52N2. The van der Waals surface area contributed by atoms with Gasteiger partial charge in [0.2, 0.25) is 0 Å². The van der Waals surface area contributed by atoms with Crippen molar-refractivity contribution in [3.8, 4) is 0 Å². The summed E-state index contributed by atoms with van der Waals surface area (Å²) in [7, 11) is 0. The van der Waals surface area contributed by atoms with E-state index in [1.54, 1.807) is 11.1 Å². The van der Waals surface area contributed by atoms with E-state index in [1.807, 2.05) is 0 Å². The molecule has 0 heterocycles. The van der Waals surface area contributed by atoms with Gasteiger partial charge in [0, 0.05) is 27.6 Å². The van der Waals surface area contributed by atoms with E-state index in [0.29, 0.717) is 21.8 Å². The molecule has 3 aliphatic rings. The summed E-state index contributed by atoms with van der Waals surface area (Å²) in [5, 5.41) is 8.22. The van der Waals surface area contributed by atoms with Gasteiger partial charge in [0.25, 0.3) is 0 Å². The molecule has 3 fully saturated rings. The summed E-state index contributed by atoms with van der Waals surface area (Å²) in [6.07, 6.45) is 10.3. The van der Waals surface area contributed by atoms with Gasteiger partial charge in [0.1, 0.15) is 0 Å². The highest BCUT2D eigenvalue weighted by molar-refractivity contribution is 5.46. The van der Waals surface area contributed by atoms with E-state index in [9.17, 15) is 0 Å². The summed E-state index contributed by atoms with van der Waals surface area (Å²) < 4.78 is 0. The summed E-state index contributed by atoms with van der Waals surface area (Å²) >= 11 is 0. The number of benzene rings is 1. The Balaban J connectivity index is 1.49. The van der Waals surface area contributed by atoms with Crippen LogP contribution >= 0.6 is 0 Å². The van der Waals surface area contributed by atoms with Gasteiger partial charge < -0.3 is 10.6 Å². The minimum Gasteiger partial charge on any atom is -0.306 e. The van der Waals surface area contributed by atoms with Crippen molar-refractivity contribution >= 4 is 0 Å². The summed E-state index contributed by atoms with van der Waals surface area (Å²) in [6, 6.07) is 9.42. The van der Waals surface area contributed by atoms with Gasteiger partial charge in [-0.05, 0) is 108 Å². The maximum atomic E-state index is 4.22. The van der Waals surface area contributed by atoms with Crippen molar-refractivity contribution in [2.75, 3.05) is 0 Å². The molecule has 0 aliphatic heterocycles. The summed E-state index contributed by atoms with van der Waals surface area (Å²) in [6.45, 7) is 24.1. The average Bonchev–Trinajstić information content (AvgIpc) is 3.52. The van der Waals surface area contributed by atoms with Crippen LogP contribution in [0.1, 0.15) is 132 Å². The quantitative estimate of drug-likeness (QED) is 0.398. The van der Waals surface area contributed by atoms with Crippen LogP contribution in [0, 0.1) is 10.8 Å². The number of nitrogens with one attached hydrogen (secondary N) is 2. The average molecular weight is 453 g/mol. The maximum absolute atomic E-state index is 4.22. The van der Waals surface area contributed by atoms with E-state index in [1.165, 1.54) is 51.4 Å². The van der Waals surface area contributed by atoms with Gasteiger partial charge in [0.15, 0.2) is 0 Å². The molecule has 0 saturated heterocycles. The van der Waals surface area contributed by atoms with Gasteiger partial charge in [-0.2, -0.15) is 0 Å². The summed E-state index contributed by atoms with van der Waals surface area (Å²) in [4.78, 5) is 0. The third-order valence-electron chi connectivity index (χ3n) is 9.51. The van der Waals surface area contributed by atoms with Crippen molar-refractivity contribution in [1.82, 2.24) is 10.6 Å². The zero-order valence-corrected chi connectivity index (χ0v) is 23.5. The van der Waals surface area contributed by atoms with Crippen molar-refractivity contribution in [1.29, 1.82) is 0 Å². The Hall–Kier alpha value is -0.860. The lowest BCUT2D eigenvalue weighted by molar-refractivity contribution is 0.144. The van der Waals surface area contributed by atoms with E-state index in [-0.39, 0.29) is 16.6 Å². The SMILES string of the molecule is CC(C)(C)NC1(C(C)(C)CCC(C)(C)NC2(c3ccccc3C3(C(C)(C)C)CC3)CC2)CC1. The monoisotopic (exact) mass is 452 g/mol. The molecule has 3 saturated carbocycles. The van der Waals surface area contributed by atoms with Crippen LogP contribution in [-0.4, -0.2) is 16.6 Å². The summed E-state index contributed by atoms with van der Waals surface area (Å²) in [5.74, 6) is 0. The molecule has 4 rings (SSSR count). The molecule has 2 N–H and O–H groups in total. The Morgan fingerprint density at radius 2 is 1.21 bits per heavy atom. The van der Waals surface area contributed by atoms with Gasteiger partial charge in [-0.15, -0.1) is 0 Å². The van der Waals surface area contributed by atoms with Crippen LogP contribution in [0.4, 0.5) is 0 Å². The molecule has 0 amide bonds. The van der Waals surface area contributed by atoms with Crippen molar-refractivity contribution in [2.24, 2.45) is 10.8 Å². The first-order valence-electron chi connectivity index (χ1n) is 13.7. The van der Waals surface area contributed by atoms with E-state index < -0.39 is 0 Å². The van der Waals surface area contributed by atoms with Crippen molar-refractivity contribution < 1.29 is 0 Å². The Bertz CT molecular complexity index is 865. The van der Waals surface area contributed by atoms with E-state index in [4.69, 9.17) is 0 Å². The molecule has 1 aromatic rings. The minimum absolute atomic E-state index is 0.122. The van der Waals surface area contributed by atoms with E-state index in [2.05, 4.69) is 104 Å². The predicted octanol–water partition coefficient (Wildman–Crippen LogP) is 7.85. The zero-order valence-electron chi connectivity index (χ0n) is 23.5. The molecular weight excluding hydrogens is 400 g/mol. The standard InChI is InChI=1S/C31H52N2/c1-25(2,3)29(17-18-29)23-13-11-12-14-24(23)30(19-20-30)33-28(9,10)16-15-27(7,8)31(21-22-31)32-26(4,5)6/h11-14,32-33H,15-22H2,1-10H3. The second-order valence-corrected chi connectivity index (χ2v) is 15.3. The smallest absolute Gasteiger partial charge is 0.0443 e. The fourth-order valence-corrected chi connectivity index (χ4v) is 6.84. The highest BCUT2D eigenvalue weighted by Gasteiger charge is 2.58. The third-order valence-corrected chi connectivity index (χ3v) is 9.51. The molecule has 0 bridgehead atoms. The first kappa shape index (κ1) is 25.2. The van der Waals surface area contributed by atoms with Gasteiger partial charge in [-0.3, -0.25) is 0 Å². The van der Waals surface area contributed by atoms with Crippen LogP contribution in [0.2, 0.25) is 0 Å². The van der Waals surface area contributed by atoms with Gasteiger partial charge in [0.05, 0.1) is 0 Å². The third kappa shape index (κ3) is 4.81. The normalized spacial score (nSPS) is 23.3. The minimum atomic E-state index is 0.122. The fourth-order valence-electron chi connectivity index (χ4n) is 6.84. The highest BCUT2D eigenvalue weighted by atomic mass is 15.1. The molecule has 33 heavy (non-hydrogen) atoms. The maximum Gasteiger partial charge on any atom is 0.0443 e. The van der Waals surface area contributed by atoms with Gasteiger partial charge in [-0.1, -0.05) is 58.9 Å². The molecule has 2 heteroatoms. The van der Waals surface area contributed by atoms with Crippen LogP contribution in [0.15, 0.2) is 24.3 Å². The molecule has 3 aliphatic carbocycles. The lowest BCUT2D eigenvalue weighted by Gasteiger charge is -2.43. The Morgan fingerprint density at radius 1 is 0.667 bits per heavy atom. The molecule has 1 aromatic carbocycles. The molecule has 0 unspecified atom stereocenters. The van der Waals surface area contributed by atoms with E-state index >= 15 is 0 Å². The molecule has 0 radical (unpaired) electrons. The van der Waals surface area contributed by atoms with Crippen LogP contribution in [0.5, 0.6) is 0 Å². The van der Waals surface area contributed by atoms with Crippen molar-refractivity contribution in [3.05, 3.63) is 35.4 Å². The zero-order chi connectivity index (χ0) is 24.6. The second-order valence-electron chi connectivity index (χ2n) is 15.3. The lowest BCUT2D eigenvalue weighted by Crippen LogP contribution is -2.54. The molecule has 2 nitrogen and oxygen atoms in total. The Kier molecular flexibility index (Phi) is 5.79. The number of hydrogen-bond donors (Lipinski definition) is 2. The topological polar surface area (TPSA) is 24.1 Å². The largest absolute Gasteiger partial charge is 0.306 e. The number of rotatable bonds is 9. The van der Waals surface area contributed by atoms with Crippen molar-refractivity contribution in [2.45, 2.75) is 148 Å². The van der Waals surface area contributed by atoms with Crippen LogP contribution in [-0.2, 0) is 11.0 Å². The second kappa shape index (κ2) is 7.57. The van der Waals surface area contributed by atoms with Gasteiger partial charge in [-0.25, -0.2) is 0 Å².